The zero-order chi connectivity index (χ0) is 14.7. The van der Waals surface area contributed by atoms with Gasteiger partial charge in [0, 0.05) is 19.6 Å². The Bertz CT molecular complexity index is 481. The van der Waals surface area contributed by atoms with Gasteiger partial charge < -0.3 is 19.5 Å². The average Bonchev–Trinajstić information content (AvgIpc) is 2.71. The molecule has 1 aromatic rings. The van der Waals surface area contributed by atoms with E-state index in [2.05, 4.69) is 16.8 Å². The van der Waals surface area contributed by atoms with Crippen LogP contribution >= 0.6 is 0 Å². The Labute approximate surface area is 126 Å². The first-order valence-electron chi connectivity index (χ1n) is 7.71. The van der Waals surface area contributed by atoms with E-state index in [4.69, 9.17) is 9.47 Å². The minimum Gasteiger partial charge on any atom is -0.486 e. The largest absolute Gasteiger partial charge is 0.486 e. The third-order valence-electron chi connectivity index (χ3n) is 4.19. The molecule has 1 N–H and O–H groups in total. The maximum atomic E-state index is 10.5. The third kappa shape index (κ3) is 3.67. The van der Waals surface area contributed by atoms with Crippen molar-refractivity contribution in [3.05, 3.63) is 23.8 Å². The molecule has 0 aliphatic carbocycles. The van der Waals surface area contributed by atoms with Crippen molar-refractivity contribution in [3.63, 3.8) is 0 Å². The van der Waals surface area contributed by atoms with Crippen molar-refractivity contribution in [3.8, 4) is 11.5 Å². The maximum absolute atomic E-state index is 10.5. The van der Waals surface area contributed by atoms with Gasteiger partial charge in [0.1, 0.15) is 13.2 Å². The minimum absolute atomic E-state index is 0.482. The molecule has 2 aliphatic heterocycles. The van der Waals surface area contributed by atoms with Crippen LogP contribution in [0.5, 0.6) is 11.5 Å². The van der Waals surface area contributed by atoms with Gasteiger partial charge >= 0.3 is 0 Å². The Hall–Kier alpha value is -1.30. The van der Waals surface area contributed by atoms with E-state index >= 15 is 0 Å². The molecule has 1 unspecified atom stereocenters. The summed E-state index contributed by atoms with van der Waals surface area (Å²) in [6.07, 6.45) is 0.675. The van der Waals surface area contributed by atoms with Crippen molar-refractivity contribution < 1.29 is 14.6 Å². The van der Waals surface area contributed by atoms with Crippen LogP contribution in [-0.4, -0.2) is 67.9 Å². The number of benzene rings is 1. The minimum atomic E-state index is -0.482. The fourth-order valence-corrected chi connectivity index (χ4v) is 2.90. The number of nitrogens with zero attached hydrogens (tertiary/aromatic N) is 2. The third-order valence-corrected chi connectivity index (χ3v) is 4.19. The first kappa shape index (κ1) is 14.6. The molecule has 1 aromatic carbocycles. The molecule has 2 aliphatic rings. The summed E-state index contributed by atoms with van der Waals surface area (Å²) in [5, 5.41) is 10.5. The SMILES string of the molecule is CN1CCCN(CC(O)c2ccc3c(c2)OCCO3)CC1. The number of aliphatic hydroxyl groups is 1. The number of rotatable bonds is 3. The molecule has 0 aromatic heterocycles. The van der Waals surface area contributed by atoms with Crippen molar-refractivity contribution in [2.75, 3.05) is 53.0 Å². The zero-order valence-electron chi connectivity index (χ0n) is 12.6. The summed E-state index contributed by atoms with van der Waals surface area (Å²) in [6, 6.07) is 5.73. The lowest BCUT2D eigenvalue weighted by molar-refractivity contribution is 0.114. The molecule has 0 spiro atoms. The highest BCUT2D eigenvalue weighted by molar-refractivity contribution is 5.44. The molecule has 0 saturated carbocycles. The highest BCUT2D eigenvalue weighted by Gasteiger charge is 2.19. The number of β-amino-alcohol motifs (C(OH)–C–C–N with tert-alkyl or cyclic N) is 1. The summed E-state index contributed by atoms with van der Waals surface area (Å²) < 4.78 is 11.1. The van der Waals surface area contributed by atoms with Gasteiger partial charge in [0.05, 0.1) is 6.10 Å². The molecule has 1 fully saturated rings. The molecule has 0 radical (unpaired) electrons. The summed E-state index contributed by atoms with van der Waals surface area (Å²) >= 11 is 0. The fraction of sp³-hybridized carbons (Fsp3) is 0.625. The zero-order valence-corrected chi connectivity index (χ0v) is 12.6. The molecule has 2 heterocycles. The van der Waals surface area contributed by atoms with Crippen molar-refractivity contribution in [2.45, 2.75) is 12.5 Å². The Morgan fingerprint density at radius 3 is 2.76 bits per heavy atom. The second kappa shape index (κ2) is 6.64. The highest BCUT2D eigenvalue weighted by Crippen LogP contribution is 2.32. The normalized spacial score (nSPS) is 21.8. The second-order valence-corrected chi connectivity index (χ2v) is 5.88. The van der Waals surface area contributed by atoms with Crippen molar-refractivity contribution in [1.82, 2.24) is 9.80 Å². The molecule has 116 valence electrons. The molecule has 5 heteroatoms. The Morgan fingerprint density at radius 1 is 1.10 bits per heavy atom. The Morgan fingerprint density at radius 2 is 1.90 bits per heavy atom. The number of hydrogen-bond donors (Lipinski definition) is 1. The van der Waals surface area contributed by atoms with Crippen LogP contribution in [-0.2, 0) is 0 Å². The van der Waals surface area contributed by atoms with Crippen LogP contribution in [0.3, 0.4) is 0 Å². The van der Waals surface area contributed by atoms with Crippen LogP contribution in [0.2, 0.25) is 0 Å². The first-order chi connectivity index (χ1) is 10.2. The molecular weight excluding hydrogens is 268 g/mol. The van der Waals surface area contributed by atoms with Crippen molar-refractivity contribution in [1.29, 1.82) is 0 Å². The molecule has 1 saturated heterocycles. The maximum Gasteiger partial charge on any atom is 0.161 e. The van der Waals surface area contributed by atoms with E-state index in [1.165, 1.54) is 0 Å². The van der Waals surface area contributed by atoms with Crippen LogP contribution in [0.15, 0.2) is 18.2 Å². The summed E-state index contributed by atoms with van der Waals surface area (Å²) in [7, 11) is 2.15. The lowest BCUT2D eigenvalue weighted by Gasteiger charge is -2.25. The van der Waals surface area contributed by atoms with Gasteiger partial charge in [-0.1, -0.05) is 6.07 Å². The van der Waals surface area contributed by atoms with Gasteiger partial charge in [-0.3, -0.25) is 4.90 Å². The quantitative estimate of drug-likeness (QED) is 0.905. The monoisotopic (exact) mass is 292 g/mol. The lowest BCUT2D eigenvalue weighted by atomic mass is 10.1. The predicted molar refractivity (Wildman–Crippen MR) is 80.9 cm³/mol. The van der Waals surface area contributed by atoms with E-state index in [1.54, 1.807) is 0 Å². The molecule has 5 nitrogen and oxygen atoms in total. The van der Waals surface area contributed by atoms with Crippen LogP contribution in [0.4, 0.5) is 0 Å². The molecule has 3 rings (SSSR count). The standard InChI is InChI=1S/C16H24N2O3/c1-17-5-2-6-18(8-7-17)12-14(19)13-3-4-15-16(11-13)21-10-9-20-15/h3-4,11,14,19H,2,5-10,12H2,1H3. The first-order valence-corrected chi connectivity index (χ1v) is 7.71. The van der Waals surface area contributed by atoms with Gasteiger partial charge in [0.2, 0.25) is 0 Å². The van der Waals surface area contributed by atoms with E-state index in [0.717, 1.165) is 49.7 Å². The Kier molecular flexibility index (Phi) is 4.63. The summed E-state index contributed by atoms with van der Waals surface area (Å²) in [6.45, 7) is 6.10. The van der Waals surface area contributed by atoms with Crippen LogP contribution in [0, 0.1) is 0 Å². The van der Waals surface area contributed by atoms with Gasteiger partial charge in [-0.25, -0.2) is 0 Å². The van der Waals surface area contributed by atoms with Gasteiger partial charge in [0.15, 0.2) is 11.5 Å². The topological polar surface area (TPSA) is 45.2 Å². The smallest absolute Gasteiger partial charge is 0.161 e. The number of aliphatic hydroxyl groups excluding tert-OH is 1. The molecule has 1 atom stereocenters. The molecule has 0 bridgehead atoms. The van der Waals surface area contributed by atoms with Crippen molar-refractivity contribution >= 4 is 0 Å². The number of fused-ring (bicyclic) bond motifs is 1. The van der Waals surface area contributed by atoms with Gasteiger partial charge in [0.25, 0.3) is 0 Å². The molecular formula is C16H24N2O3. The number of hydrogen-bond acceptors (Lipinski definition) is 5. The number of likely N-dealkylation sites (N-methyl/N-ethyl adjacent to an activating group) is 1. The van der Waals surface area contributed by atoms with E-state index in [1.807, 2.05) is 18.2 Å². The van der Waals surface area contributed by atoms with E-state index < -0.39 is 6.10 Å². The summed E-state index contributed by atoms with van der Waals surface area (Å²) in [4.78, 5) is 4.68. The van der Waals surface area contributed by atoms with Crippen LogP contribution in [0.25, 0.3) is 0 Å². The summed E-state index contributed by atoms with van der Waals surface area (Å²) in [5.74, 6) is 1.52. The average molecular weight is 292 g/mol. The summed E-state index contributed by atoms with van der Waals surface area (Å²) in [5.41, 5.74) is 0.900. The molecule has 0 amide bonds. The lowest BCUT2D eigenvalue weighted by Crippen LogP contribution is -2.32. The van der Waals surface area contributed by atoms with Gasteiger partial charge in [-0.15, -0.1) is 0 Å². The van der Waals surface area contributed by atoms with Crippen LogP contribution < -0.4 is 9.47 Å². The Balaban J connectivity index is 1.63. The fourth-order valence-electron chi connectivity index (χ4n) is 2.90. The van der Waals surface area contributed by atoms with Crippen LogP contribution in [0.1, 0.15) is 18.1 Å². The highest BCUT2D eigenvalue weighted by atomic mass is 16.6. The van der Waals surface area contributed by atoms with Gasteiger partial charge in [-0.05, 0) is 44.3 Å². The van der Waals surface area contributed by atoms with Crippen molar-refractivity contribution in [2.24, 2.45) is 0 Å². The molecule has 21 heavy (non-hydrogen) atoms. The van der Waals surface area contributed by atoms with E-state index in [-0.39, 0.29) is 0 Å². The van der Waals surface area contributed by atoms with Gasteiger partial charge in [-0.2, -0.15) is 0 Å². The number of ether oxygens (including phenoxy) is 2. The van der Waals surface area contributed by atoms with E-state index in [9.17, 15) is 5.11 Å². The predicted octanol–water partition coefficient (Wildman–Crippen LogP) is 1.13. The van der Waals surface area contributed by atoms with E-state index in [0.29, 0.717) is 19.8 Å². The second-order valence-electron chi connectivity index (χ2n) is 5.88.